The van der Waals surface area contributed by atoms with Crippen LogP contribution in [-0.2, 0) is 11.3 Å². The lowest BCUT2D eigenvalue weighted by atomic mass is 10.2. The lowest BCUT2D eigenvalue weighted by molar-refractivity contribution is -0.130. The highest BCUT2D eigenvalue weighted by Crippen LogP contribution is 2.26. The lowest BCUT2D eigenvalue weighted by Crippen LogP contribution is -2.50. The summed E-state index contributed by atoms with van der Waals surface area (Å²) >= 11 is 0. The highest BCUT2D eigenvalue weighted by atomic mass is 16.5. The van der Waals surface area contributed by atoms with E-state index in [0.717, 1.165) is 22.6 Å². The van der Waals surface area contributed by atoms with E-state index in [9.17, 15) is 9.59 Å². The van der Waals surface area contributed by atoms with Gasteiger partial charge in [0.05, 0.1) is 12.6 Å². The number of hydrogen-bond donors (Lipinski definition) is 0. The Morgan fingerprint density at radius 3 is 2.31 bits per heavy atom. The van der Waals surface area contributed by atoms with Crippen LogP contribution in [0, 0.1) is 6.92 Å². The van der Waals surface area contributed by atoms with Crippen molar-refractivity contribution in [1.82, 2.24) is 14.4 Å². The number of piperazine rings is 1. The molecule has 7 heteroatoms. The first kappa shape index (κ1) is 19.1. The summed E-state index contributed by atoms with van der Waals surface area (Å²) in [5, 5.41) is 0. The maximum atomic E-state index is 13.3. The van der Waals surface area contributed by atoms with Crippen molar-refractivity contribution in [3.05, 3.63) is 53.4 Å². The molecule has 0 radical (unpaired) electrons. The van der Waals surface area contributed by atoms with Crippen LogP contribution in [0.25, 0.3) is 11.1 Å². The quantitative estimate of drug-likeness (QED) is 0.681. The minimum absolute atomic E-state index is 0.0363. The number of carbonyl (C=O) groups excluding carboxylic acids is 2. The van der Waals surface area contributed by atoms with Crippen molar-refractivity contribution in [3.63, 3.8) is 0 Å². The van der Waals surface area contributed by atoms with E-state index in [2.05, 4.69) is 0 Å². The number of nitrogens with zero attached hydrogens (tertiary/aromatic N) is 3. The second kappa shape index (κ2) is 7.66. The van der Waals surface area contributed by atoms with E-state index in [-0.39, 0.29) is 11.8 Å². The highest BCUT2D eigenvalue weighted by molar-refractivity contribution is 5.98. The predicted molar refractivity (Wildman–Crippen MR) is 109 cm³/mol. The molecule has 0 bridgehead atoms. The molecule has 1 aliphatic heterocycles. The molecule has 1 fully saturated rings. The Morgan fingerprint density at radius 1 is 1.03 bits per heavy atom. The van der Waals surface area contributed by atoms with Crippen molar-refractivity contribution >= 4 is 22.9 Å². The SMILES string of the molecule is COc1ccc(Cn2c(C(=O)N3CCN(C(C)=O)CC3)cc3oc(C)cc32)cc1. The van der Waals surface area contributed by atoms with Crippen molar-refractivity contribution in [2.45, 2.75) is 20.4 Å². The molecule has 1 aliphatic rings. The monoisotopic (exact) mass is 395 g/mol. The summed E-state index contributed by atoms with van der Waals surface area (Å²) in [7, 11) is 1.64. The van der Waals surface area contributed by atoms with Crippen LogP contribution in [-0.4, -0.2) is 59.5 Å². The minimum Gasteiger partial charge on any atom is -0.497 e. The Balaban J connectivity index is 1.63. The summed E-state index contributed by atoms with van der Waals surface area (Å²) in [4.78, 5) is 28.4. The summed E-state index contributed by atoms with van der Waals surface area (Å²) in [5.41, 5.74) is 3.29. The van der Waals surface area contributed by atoms with E-state index < -0.39 is 0 Å². The fourth-order valence-corrected chi connectivity index (χ4v) is 3.81. The van der Waals surface area contributed by atoms with Crippen LogP contribution in [0.4, 0.5) is 0 Å². The zero-order valence-corrected chi connectivity index (χ0v) is 17.0. The van der Waals surface area contributed by atoms with Gasteiger partial charge in [-0.25, -0.2) is 0 Å². The van der Waals surface area contributed by atoms with E-state index in [1.54, 1.807) is 18.9 Å². The minimum atomic E-state index is -0.0363. The van der Waals surface area contributed by atoms with Crippen LogP contribution < -0.4 is 4.74 Å². The van der Waals surface area contributed by atoms with Crippen molar-refractivity contribution < 1.29 is 18.7 Å². The number of aryl methyl sites for hydroxylation is 1. The molecular weight excluding hydrogens is 370 g/mol. The number of furan rings is 1. The number of methoxy groups -OCH3 is 1. The Morgan fingerprint density at radius 2 is 1.69 bits per heavy atom. The van der Waals surface area contributed by atoms with Gasteiger partial charge in [-0.1, -0.05) is 12.1 Å². The van der Waals surface area contributed by atoms with Gasteiger partial charge in [0.15, 0.2) is 5.58 Å². The molecule has 0 aliphatic carbocycles. The number of carbonyl (C=O) groups is 2. The molecule has 0 spiro atoms. The summed E-state index contributed by atoms with van der Waals surface area (Å²) in [6.07, 6.45) is 0. The van der Waals surface area contributed by atoms with Crippen LogP contribution in [0.1, 0.15) is 28.7 Å². The summed E-state index contributed by atoms with van der Waals surface area (Å²) in [6, 6.07) is 11.6. The van der Waals surface area contributed by atoms with E-state index in [0.29, 0.717) is 44.0 Å². The lowest BCUT2D eigenvalue weighted by Gasteiger charge is -2.34. The van der Waals surface area contributed by atoms with E-state index >= 15 is 0 Å². The number of fused-ring (bicyclic) bond motifs is 1. The maximum Gasteiger partial charge on any atom is 0.270 e. The molecule has 0 saturated carbocycles. The molecule has 152 valence electrons. The molecule has 1 aromatic carbocycles. The molecule has 1 saturated heterocycles. The van der Waals surface area contributed by atoms with Crippen LogP contribution in [0.15, 0.2) is 40.8 Å². The first-order valence-corrected chi connectivity index (χ1v) is 9.73. The van der Waals surface area contributed by atoms with Gasteiger partial charge < -0.3 is 23.5 Å². The van der Waals surface area contributed by atoms with Gasteiger partial charge in [0.25, 0.3) is 5.91 Å². The third-order valence-electron chi connectivity index (χ3n) is 5.44. The number of rotatable bonds is 4. The third kappa shape index (κ3) is 3.72. The Kier molecular flexibility index (Phi) is 5.05. The second-order valence-electron chi connectivity index (χ2n) is 7.37. The Labute approximate surface area is 169 Å². The van der Waals surface area contributed by atoms with Gasteiger partial charge >= 0.3 is 0 Å². The topological polar surface area (TPSA) is 67.9 Å². The molecule has 0 N–H and O–H groups in total. The zero-order valence-electron chi connectivity index (χ0n) is 17.0. The average molecular weight is 395 g/mol. The van der Waals surface area contributed by atoms with Gasteiger partial charge in [-0.3, -0.25) is 9.59 Å². The van der Waals surface area contributed by atoms with Crippen molar-refractivity contribution in [2.75, 3.05) is 33.3 Å². The molecule has 2 amide bonds. The Hall–Kier alpha value is -3.22. The number of benzene rings is 1. The van der Waals surface area contributed by atoms with Gasteiger partial charge in [0, 0.05) is 51.8 Å². The summed E-state index contributed by atoms with van der Waals surface area (Å²) < 4.78 is 13.0. The molecule has 4 rings (SSSR count). The van der Waals surface area contributed by atoms with Crippen LogP contribution >= 0.6 is 0 Å². The molecule has 0 atom stereocenters. The van der Waals surface area contributed by atoms with Crippen molar-refractivity contribution in [3.8, 4) is 5.75 Å². The number of amides is 2. The van der Waals surface area contributed by atoms with E-state index in [4.69, 9.17) is 9.15 Å². The normalized spacial score (nSPS) is 14.4. The second-order valence-corrected chi connectivity index (χ2v) is 7.37. The van der Waals surface area contributed by atoms with Crippen LogP contribution in [0.5, 0.6) is 5.75 Å². The number of aromatic nitrogens is 1. The summed E-state index contributed by atoms with van der Waals surface area (Å²) in [6.45, 7) is 6.22. The van der Waals surface area contributed by atoms with Gasteiger partial charge in [0.1, 0.15) is 17.2 Å². The molecule has 7 nitrogen and oxygen atoms in total. The van der Waals surface area contributed by atoms with Gasteiger partial charge in [-0.05, 0) is 24.6 Å². The van der Waals surface area contributed by atoms with Crippen molar-refractivity contribution in [2.24, 2.45) is 0 Å². The largest absolute Gasteiger partial charge is 0.497 e. The first-order chi connectivity index (χ1) is 14.0. The average Bonchev–Trinajstić information content (AvgIpc) is 3.25. The molecule has 2 aromatic heterocycles. The molecule has 29 heavy (non-hydrogen) atoms. The highest BCUT2D eigenvalue weighted by Gasteiger charge is 2.27. The predicted octanol–water partition coefficient (Wildman–Crippen LogP) is 2.90. The standard InChI is InChI=1S/C22H25N3O4/c1-15-12-19-21(29-15)13-20(22(27)24-10-8-23(9-11-24)16(2)26)25(19)14-17-4-6-18(28-3)7-5-17/h4-7,12-13H,8-11,14H2,1-3H3. The Bertz CT molecular complexity index is 1040. The van der Waals surface area contributed by atoms with Crippen LogP contribution in [0.2, 0.25) is 0 Å². The smallest absolute Gasteiger partial charge is 0.270 e. The molecule has 3 heterocycles. The molecular formula is C22H25N3O4. The maximum absolute atomic E-state index is 13.3. The molecule has 0 unspecified atom stereocenters. The van der Waals surface area contributed by atoms with Gasteiger partial charge in [0.2, 0.25) is 5.91 Å². The van der Waals surface area contributed by atoms with Crippen LogP contribution in [0.3, 0.4) is 0 Å². The fourth-order valence-electron chi connectivity index (χ4n) is 3.81. The van der Waals surface area contributed by atoms with E-state index in [1.165, 1.54) is 0 Å². The molecule has 3 aromatic rings. The number of ether oxygens (including phenoxy) is 1. The van der Waals surface area contributed by atoms with Gasteiger partial charge in [-0.2, -0.15) is 0 Å². The van der Waals surface area contributed by atoms with Gasteiger partial charge in [-0.15, -0.1) is 0 Å². The van der Waals surface area contributed by atoms with Crippen molar-refractivity contribution in [1.29, 1.82) is 0 Å². The number of hydrogen-bond acceptors (Lipinski definition) is 4. The summed E-state index contributed by atoms with van der Waals surface area (Å²) in [5.74, 6) is 1.62. The third-order valence-corrected chi connectivity index (χ3v) is 5.44. The first-order valence-electron chi connectivity index (χ1n) is 9.73. The zero-order chi connectivity index (χ0) is 20.5. The van der Waals surface area contributed by atoms with E-state index in [1.807, 2.05) is 52.8 Å². The fraction of sp³-hybridized carbons (Fsp3) is 0.364.